The number of allylic oxidation sites excluding steroid dienone is 1. The van der Waals surface area contributed by atoms with Gasteiger partial charge in [0.25, 0.3) is 0 Å². The first-order valence-corrected chi connectivity index (χ1v) is 7.35. The normalized spacial score (nSPS) is 39.7. The van der Waals surface area contributed by atoms with Crippen molar-refractivity contribution in [2.45, 2.75) is 60.3 Å². The Morgan fingerprint density at radius 1 is 1.39 bits per heavy atom. The van der Waals surface area contributed by atoms with Gasteiger partial charge in [-0.3, -0.25) is 4.79 Å². The van der Waals surface area contributed by atoms with Crippen molar-refractivity contribution in [2.75, 3.05) is 0 Å². The summed E-state index contributed by atoms with van der Waals surface area (Å²) in [7, 11) is 0. The number of rotatable bonds is 3. The number of hydrogen-bond donors (Lipinski definition) is 0. The van der Waals surface area contributed by atoms with Gasteiger partial charge >= 0.3 is 0 Å². The maximum atomic E-state index is 12.9. The number of Topliss-reactive ketones (excluding diaryl/α,β-unsaturated/α-hetero) is 1. The molecule has 0 N–H and O–H groups in total. The predicted octanol–water partition coefficient (Wildman–Crippen LogP) is 4.62. The molecule has 0 aliphatic heterocycles. The van der Waals surface area contributed by atoms with Gasteiger partial charge in [0.05, 0.1) is 0 Å². The summed E-state index contributed by atoms with van der Waals surface area (Å²) in [6.07, 6.45) is 4.46. The summed E-state index contributed by atoms with van der Waals surface area (Å²) < 4.78 is 0. The molecule has 0 aromatic heterocycles. The van der Waals surface area contributed by atoms with Gasteiger partial charge < -0.3 is 0 Å². The summed E-state index contributed by atoms with van der Waals surface area (Å²) in [5.74, 6) is 2.03. The molecule has 0 saturated heterocycles. The molecule has 1 heteroatoms. The summed E-state index contributed by atoms with van der Waals surface area (Å²) in [6, 6.07) is 0. The molecule has 0 aromatic carbocycles. The Bertz CT molecular complexity index is 379. The van der Waals surface area contributed by atoms with E-state index < -0.39 is 0 Å². The average Bonchev–Trinajstić information content (AvgIpc) is 2.46. The molecule has 18 heavy (non-hydrogen) atoms. The zero-order chi connectivity index (χ0) is 13.7. The van der Waals surface area contributed by atoms with Crippen LogP contribution in [-0.2, 0) is 4.79 Å². The van der Waals surface area contributed by atoms with E-state index in [1.807, 2.05) is 0 Å². The predicted molar refractivity (Wildman–Crippen MR) is 76.3 cm³/mol. The van der Waals surface area contributed by atoms with Crippen molar-refractivity contribution in [1.29, 1.82) is 0 Å². The highest BCUT2D eigenvalue weighted by Gasteiger charge is 2.56. The Morgan fingerprint density at radius 2 is 2.00 bits per heavy atom. The van der Waals surface area contributed by atoms with Gasteiger partial charge in [-0.2, -0.15) is 0 Å². The molecule has 2 rings (SSSR count). The average molecular weight is 248 g/mol. The van der Waals surface area contributed by atoms with E-state index in [0.717, 1.165) is 25.2 Å². The van der Waals surface area contributed by atoms with Crippen molar-refractivity contribution in [3.8, 4) is 0 Å². The summed E-state index contributed by atoms with van der Waals surface area (Å²) in [4.78, 5) is 12.9. The fourth-order valence-electron chi connectivity index (χ4n) is 4.53. The van der Waals surface area contributed by atoms with Crippen LogP contribution in [0.1, 0.15) is 60.3 Å². The van der Waals surface area contributed by atoms with Crippen LogP contribution in [0.25, 0.3) is 0 Å². The largest absolute Gasteiger partial charge is 0.299 e. The molecule has 2 aliphatic rings. The lowest BCUT2D eigenvalue weighted by molar-refractivity contribution is -0.140. The van der Waals surface area contributed by atoms with Crippen LogP contribution >= 0.6 is 0 Å². The standard InChI is InChI=1S/C17H28O/c1-11(2)7-12(3)17(6)10-13-8-14(15(17)18)16(4,5)9-13/h12-14H,1,7-10H2,2-6H3/t12-,13?,14?,17+/m1/s1. The summed E-state index contributed by atoms with van der Waals surface area (Å²) in [5, 5.41) is 0. The maximum Gasteiger partial charge on any atom is 0.142 e. The smallest absolute Gasteiger partial charge is 0.142 e. The number of ketones is 1. The van der Waals surface area contributed by atoms with E-state index >= 15 is 0 Å². The quantitative estimate of drug-likeness (QED) is 0.666. The number of carbonyl (C=O) groups excluding carboxylic acids is 1. The van der Waals surface area contributed by atoms with Crippen LogP contribution in [0.5, 0.6) is 0 Å². The van der Waals surface area contributed by atoms with Gasteiger partial charge in [0.2, 0.25) is 0 Å². The van der Waals surface area contributed by atoms with Crippen LogP contribution in [0.2, 0.25) is 0 Å². The lowest BCUT2D eigenvalue weighted by Gasteiger charge is -2.42. The molecule has 2 unspecified atom stereocenters. The molecule has 2 bridgehead atoms. The summed E-state index contributed by atoms with van der Waals surface area (Å²) in [6.45, 7) is 15.1. The van der Waals surface area contributed by atoms with Crippen LogP contribution in [0.3, 0.4) is 0 Å². The van der Waals surface area contributed by atoms with Crippen molar-refractivity contribution >= 4 is 5.78 Å². The molecular weight excluding hydrogens is 220 g/mol. The van der Waals surface area contributed by atoms with Gasteiger partial charge in [-0.25, -0.2) is 0 Å². The fraction of sp³-hybridized carbons (Fsp3) is 0.824. The van der Waals surface area contributed by atoms with Gasteiger partial charge in [-0.1, -0.05) is 33.3 Å². The molecule has 1 nitrogen and oxygen atoms in total. The zero-order valence-electron chi connectivity index (χ0n) is 12.7. The molecule has 102 valence electrons. The van der Waals surface area contributed by atoms with E-state index in [-0.39, 0.29) is 10.8 Å². The monoisotopic (exact) mass is 248 g/mol. The third-order valence-corrected chi connectivity index (χ3v) is 5.66. The molecule has 2 aliphatic carbocycles. The molecule has 2 saturated carbocycles. The Hall–Kier alpha value is -0.590. The Morgan fingerprint density at radius 3 is 2.56 bits per heavy atom. The van der Waals surface area contributed by atoms with Crippen molar-refractivity contribution < 1.29 is 4.79 Å². The molecule has 0 radical (unpaired) electrons. The van der Waals surface area contributed by atoms with Gasteiger partial charge in [-0.05, 0) is 49.9 Å². The highest BCUT2D eigenvalue weighted by molar-refractivity contribution is 5.89. The van der Waals surface area contributed by atoms with E-state index in [1.54, 1.807) is 0 Å². The Kier molecular flexibility index (Phi) is 3.24. The molecule has 2 fully saturated rings. The van der Waals surface area contributed by atoms with Crippen LogP contribution in [0, 0.1) is 28.6 Å². The molecule has 4 atom stereocenters. The second-order valence-corrected chi connectivity index (χ2v) is 7.90. The molecule has 0 amide bonds. The van der Waals surface area contributed by atoms with Crippen LogP contribution in [0.15, 0.2) is 12.2 Å². The third-order valence-electron chi connectivity index (χ3n) is 5.66. The van der Waals surface area contributed by atoms with E-state index in [1.165, 1.54) is 12.0 Å². The number of fused-ring (bicyclic) bond motifs is 2. The topological polar surface area (TPSA) is 17.1 Å². The molecule has 0 aromatic rings. The first-order valence-electron chi connectivity index (χ1n) is 7.35. The first-order chi connectivity index (χ1) is 8.17. The SMILES string of the molecule is C=C(C)C[C@@H](C)[C@]1(C)CC2CC(C1=O)C(C)(C)C2. The highest BCUT2D eigenvalue weighted by Crippen LogP contribution is 2.58. The Balaban J connectivity index is 2.25. The minimum absolute atomic E-state index is 0.111. The van der Waals surface area contributed by atoms with E-state index in [4.69, 9.17) is 0 Å². The van der Waals surface area contributed by atoms with E-state index in [9.17, 15) is 4.79 Å². The summed E-state index contributed by atoms with van der Waals surface area (Å²) >= 11 is 0. The first kappa shape index (κ1) is 13.8. The van der Waals surface area contributed by atoms with Gasteiger partial charge in [-0.15, -0.1) is 6.58 Å². The van der Waals surface area contributed by atoms with E-state index in [2.05, 4.69) is 41.2 Å². The van der Waals surface area contributed by atoms with Crippen molar-refractivity contribution in [3.05, 3.63) is 12.2 Å². The summed E-state index contributed by atoms with van der Waals surface area (Å²) in [5.41, 5.74) is 1.32. The minimum atomic E-state index is -0.111. The van der Waals surface area contributed by atoms with Gasteiger partial charge in [0, 0.05) is 11.3 Å². The second kappa shape index (κ2) is 4.21. The second-order valence-electron chi connectivity index (χ2n) is 7.90. The lowest BCUT2D eigenvalue weighted by Crippen LogP contribution is -2.44. The molecular formula is C17H28O. The number of hydrogen-bond acceptors (Lipinski definition) is 1. The third kappa shape index (κ3) is 2.06. The fourth-order valence-corrected chi connectivity index (χ4v) is 4.53. The van der Waals surface area contributed by atoms with Crippen molar-refractivity contribution in [3.63, 3.8) is 0 Å². The maximum absolute atomic E-state index is 12.9. The van der Waals surface area contributed by atoms with Gasteiger partial charge in [0.15, 0.2) is 0 Å². The molecule has 0 heterocycles. The van der Waals surface area contributed by atoms with E-state index in [0.29, 0.717) is 17.6 Å². The van der Waals surface area contributed by atoms with Crippen LogP contribution in [0.4, 0.5) is 0 Å². The van der Waals surface area contributed by atoms with Crippen molar-refractivity contribution in [1.82, 2.24) is 0 Å². The van der Waals surface area contributed by atoms with Crippen molar-refractivity contribution in [2.24, 2.45) is 28.6 Å². The van der Waals surface area contributed by atoms with Crippen LogP contribution in [-0.4, -0.2) is 5.78 Å². The van der Waals surface area contributed by atoms with Gasteiger partial charge in [0.1, 0.15) is 5.78 Å². The minimum Gasteiger partial charge on any atom is -0.299 e. The zero-order valence-corrected chi connectivity index (χ0v) is 12.7. The molecule has 0 spiro atoms. The lowest BCUT2D eigenvalue weighted by atomic mass is 9.60. The van der Waals surface area contributed by atoms with Crippen LogP contribution < -0.4 is 0 Å². The Labute approximate surface area is 112 Å². The number of carbonyl (C=O) groups is 1. The highest BCUT2D eigenvalue weighted by atomic mass is 16.1.